The van der Waals surface area contributed by atoms with E-state index in [0.717, 1.165) is 11.3 Å². The number of nitrogens with zero attached hydrogens (tertiary/aromatic N) is 3. The second-order valence-electron chi connectivity index (χ2n) is 6.35. The van der Waals surface area contributed by atoms with Gasteiger partial charge in [0.05, 0.1) is 18.2 Å². The van der Waals surface area contributed by atoms with Crippen LogP contribution in [0.2, 0.25) is 0 Å². The van der Waals surface area contributed by atoms with E-state index < -0.39 is 5.60 Å². The van der Waals surface area contributed by atoms with Crippen molar-refractivity contribution in [2.75, 3.05) is 13.1 Å². The fourth-order valence-corrected chi connectivity index (χ4v) is 2.59. The Morgan fingerprint density at radius 3 is 2.90 bits per heavy atom. The lowest BCUT2D eigenvalue weighted by atomic mass is 9.96. The number of amides is 1. The number of hydrogen-bond acceptors (Lipinski definition) is 5. The molecule has 1 aromatic heterocycles. The first-order valence-corrected chi connectivity index (χ1v) is 7.06. The van der Waals surface area contributed by atoms with Crippen molar-refractivity contribution in [3.05, 3.63) is 30.1 Å². The number of carbonyl (C=O) groups excluding carboxylic acids is 1. The molecule has 0 spiro atoms. The van der Waals surface area contributed by atoms with Crippen LogP contribution >= 0.6 is 0 Å². The molecular formula is C15H19N3O3. The number of rotatable bonds is 1. The van der Waals surface area contributed by atoms with Crippen LogP contribution in [0.5, 0.6) is 0 Å². The van der Waals surface area contributed by atoms with Crippen molar-refractivity contribution in [2.45, 2.75) is 32.5 Å². The summed E-state index contributed by atoms with van der Waals surface area (Å²) in [6.45, 7) is 6.66. The Balaban J connectivity index is 1.70. The first-order valence-electron chi connectivity index (χ1n) is 7.06. The van der Waals surface area contributed by atoms with E-state index in [1.54, 1.807) is 17.3 Å². The van der Waals surface area contributed by atoms with Crippen molar-refractivity contribution in [2.24, 2.45) is 11.1 Å². The number of pyridine rings is 1. The Hall–Kier alpha value is -2.11. The van der Waals surface area contributed by atoms with Gasteiger partial charge >= 0.3 is 6.09 Å². The van der Waals surface area contributed by atoms with Crippen LogP contribution in [0, 0.1) is 5.92 Å². The van der Waals surface area contributed by atoms with Crippen molar-refractivity contribution in [3.8, 4) is 0 Å². The topological polar surface area (TPSA) is 64.0 Å². The number of carbonyl (C=O) groups is 1. The van der Waals surface area contributed by atoms with E-state index >= 15 is 0 Å². The molecular weight excluding hydrogens is 270 g/mol. The second-order valence-corrected chi connectivity index (χ2v) is 6.35. The molecule has 1 amide bonds. The molecule has 2 aliphatic heterocycles. The zero-order valence-corrected chi connectivity index (χ0v) is 12.4. The zero-order valence-electron chi connectivity index (χ0n) is 12.4. The van der Waals surface area contributed by atoms with Gasteiger partial charge in [-0.1, -0.05) is 5.16 Å². The van der Waals surface area contributed by atoms with Crippen LogP contribution in [0.3, 0.4) is 0 Å². The van der Waals surface area contributed by atoms with Crippen LogP contribution in [-0.2, 0) is 9.57 Å². The summed E-state index contributed by atoms with van der Waals surface area (Å²) in [5.74, 6) is 0.0849. The molecule has 112 valence electrons. The molecule has 0 unspecified atom stereocenters. The Bertz CT molecular complexity index is 565. The van der Waals surface area contributed by atoms with Gasteiger partial charge in [-0.25, -0.2) is 4.79 Å². The van der Waals surface area contributed by atoms with Crippen LogP contribution in [0.4, 0.5) is 4.79 Å². The van der Waals surface area contributed by atoms with Gasteiger partial charge < -0.3 is 14.5 Å². The van der Waals surface area contributed by atoms with Crippen LogP contribution in [0.15, 0.2) is 29.7 Å². The fraction of sp³-hybridized carbons (Fsp3) is 0.533. The third kappa shape index (κ3) is 2.84. The summed E-state index contributed by atoms with van der Waals surface area (Å²) in [6, 6.07) is 3.82. The van der Waals surface area contributed by atoms with Gasteiger partial charge in [0.2, 0.25) is 0 Å². The fourth-order valence-electron chi connectivity index (χ4n) is 2.59. The molecule has 3 heterocycles. The minimum atomic E-state index is -0.490. The Morgan fingerprint density at radius 1 is 1.43 bits per heavy atom. The maximum atomic E-state index is 12.1. The van der Waals surface area contributed by atoms with E-state index in [1.807, 2.05) is 32.9 Å². The van der Waals surface area contributed by atoms with E-state index in [1.165, 1.54) is 0 Å². The van der Waals surface area contributed by atoms with Crippen molar-refractivity contribution in [1.82, 2.24) is 9.88 Å². The van der Waals surface area contributed by atoms with Crippen molar-refractivity contribution < 1.29 is 14.4 Å². The van der Waals surface area contributed by atoms with Gasteiger partial charge in [0.15, 0.2) is 6.10 Å². The van der Waals surface area contributed by atoms with Crippen LogP contribution < -0.4 is 0 Å². The smallest absolute Gasteiger partial charge is 0.410 e. The highest BCUT2D eigenvalue weighted by molar-refractivity contribution is 6.03. The maximum absolute atomic E-state index is 12.1. The van der Waals surface area contributed by atoms with E-state index in [9.17, 15) is 4.79 Å². The van der Waals surface area contributed by atoms with Gasteiger partial charge in [0, 0.05) is 24.5 Å². The summed E-state index contributed by atoms with van der Waals surface area (Å²) in [5.41, 5.74) is 1.31. The molecule has 1 saturated heterocycles. The SMILES string of the molecule is CC(C)(C)OC(=O)N1C[C@@H]2C(c3cccnc3)=NO[C@@H]2C1. The molecule has 0 saturated carbocycles. The number of oxime groups is 1. The van der Waals surface area contributed by atoms with Gasteiger partial charge in [-0.2, -0.15) is 0 Å². The normalized spacial score (nSPS) is 24.3. The Labute approximate surface area is 123 Å². The highest BCUT2D eigenvalue weighted by Crippen LogP contribution is 2.30. The highest BCUT2D eigenvalue weighted by atomic mass is 16.6. The molecule has 0 aromatic carbocycles. The standard InChI is InChI=1S/C15H19N3O3/c1-15(2,3)20-14(19)18-8-11-12(9-18)21-17-13(11)10-5-4-6-16-7-10/h4-7,11-12H,8-9H2,1-3H3/t11-,12+/m0/s1. The Kier molecular flexibility index (Phi) is 3.31. The van der Waals surface area contributed by atoms with Crippen LogP contribution in [0.1, 0.15) is 26.3 Å². The third-order valence-corrected chi connectivity index (χ3v) is 3.51. The van der Waals surface area contributed by atoms with Gasteiger partial charge in [-0.3, -0.25) is 4.98 Å². The summed E-state index contributed by atoms with van der Waals surface area (Å²) < 4.78 is 5.41. The van der Waals surface area contributed by atoms with E-state index in [0.29, 0.717) is 13.1 Å². The van der Waals surface area contributed by atoms with Crippen LogP contribution in [-0.4, -0.2) is 46.5 Å². The number of likely N-dealkylation sites (tertiary alicyclic amines) is 1. The molecule has 0 radical (unpaired) electrons. The minimum Gasteiger partial charge on any atom is -0.444 e. The summed E-state index contributed by atoms with van der Waals surface area (Å²) in [5, 5.41) is 4.16. The molecule has 1 aromatic rings. The first-order chi connectivity index (χ1) is 9.94. The minimum absolute atomic E-state index is 0.0849. The molecule has 21 heavy (non-hydrogen) atoms. The van der Waals surface area contributed by atoms with E-state index in [4.69, 9.17) is 9.57 Å². The predicted octanol–water partition coefficient (Wildman–Crippen LogP) is 2.05. The molecule has 2 aliphatic rings. The average molecular weight is 289 g/mol. The lowest BCUT2D eigenvalue weighted by Gasteiger charge is -2.24. The molecule has 0 bridgehead atoms. The number of ether oxygens (including phenoxy) is 1. The summed E-state index contributed by atoms with van der Waals surface area (Å²) >= 11 is 0. The molecule has 1 fully saturated rings. The highest BCUT2D eigenvalue weighted by Gasteiger charge is 2.45. The van der Waals surface area contributed by atoms with Crippen molar-refractivity contribution in [3.63, 3.8) is 0 Å². The van der Waals surface area contributed by atoms with E-state index in [2.05, 4.69) is 10.1 Å². The van der Waals surface area contributed by atoms with Crippen LogP contribution in [0.25, 0.3) is 0 Å². The quantitative estimate of drug-likeness (QED) is 0.793. The molecule has 6 heteroatoms. The molecule has 3 rings (SSSR count). The number of hydrogen-bond donors (Lipinski definition) is 0. The zero-order chi connectivity index (χ0) is 15.0. The van der Waals surface area contributed by atoms with Gasteiger partial charge in [-0.15, -0.1) is 0 Å². The first kappa shape index (κ1) is 13.9. The molecule has 0 N–H and O–H groups in total. The van der Waals surface area contributed by atoms with Gasteiger partial charge in [0.25, 0.3) is 0 Å². The predicted molar refractivity (Wildman–Crippen MR) is 76.9 cm³/mol. The monoisotopic (exact) mass is 289 g/mol. The second kappa shape index (κ2) is 5.02. The third-order valence-electron chi connectivity index (χ3n) is 3.51. The average Bonchev–Trinajstić information content (AvgIpc) is 2.97. The maximum Gasteiger partial charge on any atom is 0.410 e. The summed E-state index contributed by atoms with van der Waals surface area (Å²) in [7, 11) is 0. The van der Waals surface area contributed by atoms with Gasteiger partial charge in [-0.05, 0) is 32.9 Å². The molecule has 2 atom stereocenters. The van der Waals surface area contributed by atoms with Crippen molar-refractivity contribution in [1.29, 1.82) is 0 Å². The van der Waals surface area contributed by atoms with Crippen molar-refractivity contribution >= 4 is 11.8 Å². The van der Waals surface area contributed by atoms with E-state index in [-0.39, 0.29) is 18.1 Å². The summed E-state index contributed by atoms with van der Waals surface area (Å²) in [6.07, 6.45) is 3.10. The van der Waals surface area contributed by atoms with Gasteiger partial charge in [0.1, 0.15) is 5.60 Å². The molecule has 0 aliphatic carbocycles. The molecule has 6 nitrogen and oxygen atoms in total. The summed E-state index contributed by atoms with van der Waals surface area (Å²) in [4.78, 5) is 23.4. The largest absolute Gasteiger partial charge is 0.444 e. The Morgan fingerprint density at radius 2 is 2.24 bits per heavy atom. The lowest BCUT2D eigenvalue weighted by Crippen LogP contribution is -2.36. The number of fused-ring (bicyclic) bond motifs is 1. The number of aromatic nitrogens is 1. The lowest BCUT2D eigenvalue weighted by molar-refractivity contribution is 0.0228.